The lowest BCUT2D eigenvalue weighted by Gasteiger charge is -2.09. The monoisotopic (exact) mass is 231 g/mol. The molecule has 0 aliphatic heterocycles. The summed E-state index contributed by atoms with van der Waals surface area (Å²) in [6, 6.07) is 7.13. The van der Waals surface area contributed by atoms with Crippen molar-refractivity contribution < 1.29 is 4.39 Å². The van der Waals surface area contributed by atoms with E-state index in [0.29, 0.717) is 12.6 Å². The second-order valence-corrected chi connectivity index (χ2v) is 4.39. The van der Waals surface area contributed by atoms with E-state index in [1.807, 2.05) is 18.6 Å². The van der Waals surface area contributed by atoms with Gasteiger partial charge in [0.05, 0.1) is 18.6 Å². The Kier molecular flexibility index (Phi) is 2.55. The van der Waals surface area contributed by atoms with E-state index < -0.39 is 0 Å². The minimum atomic E-state index is -0.217. The summed E-state index contributed by atoms with van der Waals surface area (Å²) in [5.41, 5.74) is 1.95. The number of nitrogens with zero attached hydrogens (tertiary/aromatic N) is 2. The zero-order chi connectivity index (χ0) is 11.7. The lowest BCUT2D eigenvalue weighted by Crippen LogP contribution is -2.05. The number of benzene rings is 1. The highest BCUT2D eigenvalue weighted by atomic mass is 19.1. The summed E-state index contributed by atoms with van der Waals surface area (Å²) in [6.45, 7) is 0.681. The zero-order valence-corrected chi connectivity index (χ0v) is 9.44. The van der Waals surface area contributed by atoms with E-state index in [0.717, 1.165) is 11.4 Å². The second kappa shape index (κ2) is 4.20. The predicted molar refractivity (Wildman–Crippen MR) is 64.2 cm³/mol. The first-order valence-corrected chi connectivity index (χ1v) is 5.83. The molecule has 3 rings (SSSR count). The molecule has 1 aromatic heterocycles. The van der Waals surface area contributed by atoms with Gasteiger partial charge in [0.1, 0.15) is 5.82 Å². The Morgan fingerprint density at radius 1 is 1.41 bits per heavy atom. The van der Waals surface area contributed by atoms with Gasteiger partial charge in [-0.25, -0.2) is 9.37 Å². The maximum atomic E-state index is 13.0. The van der Waals surface area contributed by atoms with Crippen LogP contribution in [-0.4, -0.2) is 9.55 Å². The van der Waals surface area contributed by atoms with E-state index in [9.17, 15) is 4.39 Å². The van der Waals surface area contributed by atoms with Gasteiger partial charge >= 0.3 is 0 Å². The van der Waals surface area contributed by atoms with Crippen LogP contribution in [0.25, 0.3) is 0 Å². The van der Waals surface area contributed by atoms with Crippen molar-refractivity contribution in [2.45, 2.75) is 25.4 Å². The molecule has 1 aliphatic rings. The molecule has 4 heteroatoms. The number of imidazole rings is 1. The smallest absolute Gasteiger partial charge is 0.125 e. The van der Waals surface area contributed by atoms with Gasteiger partial charge in [-0.2, -0.15) is 0 Å². The Morgan fingerprint density at radius 3 is 3.06 bits per heavy atom. The highest BCUT2D eigenvalue weighted by molar-refractivity contribution is 5.43. The maximum absolute atomic E-state index is 13.0. The molecule has 0 spiro atoms. The molecule has 17 heavy (non-hydrogen) atoms. The molecule has 1 N–H and O–H groups in total. The molecule has 88 valence electrons. The predicted octanol–water partition coefficient (Wildman–Crippen LogP) is 2.97. The molecule has 1 aliphatic carbocycles. The molecule has 0 unspecified atom stereocenters. The number of nitrogens with one attached hydrogen (secondary N) is 1. The quantitative estimate of drug-likeness (QED) is 0.876. The summed E-state index contributed by atoms with van der Waals surface area (Å²) in [4.78, 5) is 4.16. The minimum absolute atomic E-state index is 0.217. The first kappa shape index (κ1) is 10.3. The average molecular weight is 231 g/mol. The fourth-order valence-corrected chi connectivity index (χ4v) is 1.94. The van der Waals surface area contributed by atoms with E-state index in [4.69, 9.17) is 0 Å². The highest BCUT2D eigenvalue weighted by Gasteiger charge is 2.24. The summed E-state index contributed by atoms with van der Waals surface area (Å²) < 4.78 is 15.2. The van der Waals surface area contributed by atoms with E-state index in [-0.39, 0.29) is 5.82 Å². The van der Waals surface area contributed by atoms with E-state index in [2.05, 4.69) is 14.9 Å². The topological polar surface area (TPSA) is 29.9 Å². The number of hydrogen-bond donors (Lipinski definition) is 1. The van der Waals surface area contributed by atoms with Crippen LogP contribution in [0.5, 0.6) is 0 Å². The van der Waals surface area contributed by atoms with Crippen LogP contribution in [0.4, 0.5) is 10.1 Å². The molecule has 0 amide bonds. The second-order valence-electron chi connectivity index (χ2n) is 4.39. The number of rotatable bonds is 4. The zero-order valence-electron chi connectivity index (χ0n) is 9.44. The number of anilines is 1. The summed E-state index contributed by atoms with van der Waals surface area (Å²) in [6.07, 6.45) is 6.22. The molecule has 0 radical (unpaired) electrons. The van der Waals surface area contributed by atoms with E-state index >= 15 is 0 Å². The van der Waals surface area contributed by atoms with Gasteiger partial charge in [0.2, 0.25) is 0 Å². The Bertz CT molecular complexity index is 517. The standard InChI is InChI=1S/C13H14FN3/c14-10-2-1-3-11(6-10)16-8-13-7-15-9-17(13)12-4-5-12/h1-3,6-7,9,12,16H,4-5,8H2. The van der Waals surface area contributed by atoms with Crippen LogP contribution in [-0.2, 0) is 6.54 Å². The van der Waals surface area contributed by atoms with Gasteiger partial charge < -0.3 is 9.88 Å². The van der Waals surface area contributed by atoms with Crippen LogP contribution in [0, 0.1) is 5.82 Å². The van der Waals surface area contributed by atoms with Crippen LogP contribution < -0.4 is 5.32 Å². The third-order valence-electron chi connectivity index (χ3n) is 2.98. The van der Waals surface area contributed by atoms with Crippen LogP contribution in [0.2, 0.25) is 0 Å². The van der Waals surface area contributed by atoms with Gasteiger partial charge in [0.25, 0.3) is 0 Å². The Morgan fingerprint density at radius 2 is 2.29 bits per heavy atom. The molecule has 2 aromatic rings. The van der Waals surface area contributed by atoms with Crippen molar-refractivity contribution in [1.82, 2.24) is 9.55 Å². The largest absolute Gasteiger partial charge is 0.379 e. The fourth-order valence-electron chi connectivity index (χ4n) is 1.94. The van der Waals surface area contributed by atoms with E-state index in [1.54, 1.807) is 6.07 Å². The van der Waals surface area contributed by atoms with Gasteiger partial charge in [-0.1, -0.05) is 6.07 Å². The number of aromatic nitrogens is 2. The van der Waals surface area contributed by atoms with Crippen LogP contribution in [0.1, 0.15) is 24.6 Å². The molecular weight excluding hydrogens is 217 g/mol. The van der Waals surface area contributed by atoms with Crippen molar-refractivity contribution in [3.63, 3.8) is 0 Å². The van der Waals surface area contributed by atoms with E-state index in [1.165, 1.54) is 25.0 Å². The molecular formula is C13H14FN3. The molecule has 1 aromatic carbocycles. The highest BCUT2D eigenvalue weighted by Crippen LogP contribution is 2.35. The summed E-state index contributed by atoms with van der Waals surface area (Å²) in [7, 11) is 0. The van der Waals surface area contributed by atoms with Gasteiger partial charge in [-0.3, -0.25) is 0 Å². The van der Waals surface area contributed by atoms with Crippen molar-refractivity contribution >= 4 is 5.69 Å². The van der Waals surface area contributed by atoms with Crippen molar-refractivity contribution in [2.75, 3.05) is 5.32 Å². The lowest BCUT2D eigenvalue weighted by atomic mass is 10.3. The van der Waals surface area contributed by atoms with Gasteiger partial charge in [-0.15, -0.1) is 0 Å². The summed E-state index contributed by atoms with van der Waals surface area (Å²) in [5.74, 6) is -0.217. The van der Waals surface area contributed by atoms with Crippen LogP contribution in [0.3, 0.4) is 0 Å². The first-order chi connectivity index (χ1) is 8.33. The molecule has 0 bridgehead atoms. The number of hydrogen-bond acceptors (Lipinski definition) is 2. The maximum Gasteiger partial charge on any atom is 0.125 e. The molecule has 0 saturated heterocycles. The van der Waals surface area contributed by atoms with Crippen molar-refractivity contribution in [3.05, 3.63) is 48.3 Å². The van der Waals surface area contributed by atoms with Crippen molar-refractivity contribution in [1.29, 1.82) is 0 Å². The van der Waals surface area contributed by atoms with Gasteiger partial charge in [-0.05, 0) is 31.0 Å². The van der Waals surface area contributed by atoms with Crippen LogP contribution in [0.15, 0.2) is 36.8 Å². The summed E-state index contributed by atoms with van der Waals surface area (Å²) >= 11 is 0. The van der Waals surface area contributed by atoms with Gasteiger partial charge in [0, 0.05) is 17.9 Å². The molecule has 1 heterocycles. The Hall–Kier alpha value is -1.84. The third-order valence-corrected chi connectivity index (χ3v) is 2.98. The Balaban J connectivity index is 1.69. The van der Waals surface area contributed by atoms with Crippen molar-refractivity contribution in [2.24, 2.45) is 0 Å². The summed E-state index contributed by atoms with van der Waals surface area (Å²) in [5, 5.41) is 3.21. The number of halogens is 1. The third kappa shape index (κ3) is 2.30. The first-order valence-electron chi connectivity index (χ1n) is 5.83. The molecule has 1 fully saturated rings. The SMILES string of the molecule is Fc1cccc(NCc2cncn2C2CC2)c1. The average Bonchev–Trinajstić information content (AvgIpc) is 3.06. The fraction of sp³-hybridized carbons (Fsp3) is 0.308. The van der Waals surface area contributed by atoms with Crippen LogP contribution >= 0.6 is 0 Å². The lowest BCUT2D eigenvalue weighted by molar-refractivity contribution is 0.628. The molecule has 1 saturated carbocycles. The normalized spacial score (nSPS) is 14.9. The molecule has 0 atom stereocenters. The van der Waals surface area contributed by atoms with Crippen molar-refractivity contribution in [3.8, 4) is 0 Å². The molecule has 3 nitrogen and oxygen atoms in total. The van der Waals surface area contributed by atoms with Gasteiger partial charge in [0.15, 0.2) is 0 Å². The Labute approximate surface area is 99.3 Å². The minimum Gasteiger partial charge on any atom is -0.379 e.